The summed E-state index contributed by atoms with van der Waals surface area (Å²) in [5, 5.41) is 12.0. The average molecular weight is 433 g/mol. The first-order valence-electron chi connectivity index (χ1n) is 8.47. The maximum atomic E-state index is 12.6. The Morgan fingerprint density at radius 3 is 2.62 bits per heavy atom. The van der Waals surface area contributed by atoms with Crippen molar-refractivity contribution in [2.45, 2.75) is 6.92 Å². The summed E-state index contributed by atoms with van der Waals surface area (Å²) in [5.74, 6) is -1.14. The summed E-state index contributed by atoms with van der Waals surface area (Å²) in [6.45, 7) is 1.53. The van der Waals surface area contributed by atoms with Crippen molar-refractivity contribution in [1.82, 2.24) is 4.90 Å². The molecular weight excluding hydrogens is 416 g/mol. The first-order valence-corrected chi connectivity index (χ1v) is 9.66. The number of phenolic OH excluding ortho intramolecular Hbond substituents is 1. The van der Waals surface area contributed by atoms with Crippen LogP contribution < -0.4 is 10.1 Å². The van der Waals surface area contributed by atoms with Crippen molar-refractivity contribution >= 4 is 52.2 Å². The van der Waals surface area contributed by atoms with Gasteiger partial charge in [-0.3, -0.25) is 19.3 Å². The van der Waals surface area contributed by atoms with Gasteiger partial charge in [0.15, 0.2) is 11.5 Å². The smallest absolute Gasteiger partial charge is 0.294 e. The number of nitrogens with one attached hydrogen (secondary N) is 1. The number of nitrogens with zero attached hydrogens (tertiary/aromatic N) is 1. The van der Waals surface area contributed by atoms with Crippen LogP contribution in [0.25, 0.3) is 6.08 Å². The molecule has 29 heavy (non-hydrogen) atoms. The second-order valence-corrected chi connectivity index (χ2v) is 7.64. The summed E-state index contributed by atoms with van der Waals surface area (Å²) < 4.78 is 5.03. The summed E-state index contributed by atoms with van der Waals surface area (Å²) in [4.78, 5) is 38.0. The monoisotopic (exact) mass is 432 g/mol. The molecule has 9 heteroatoms. The number of hydrogen-bond acceptors (Lipinski definition) is 6. The van der Waals surface area contributed by atoms with Gasteiger partial charge < -0.3 is 15.2 Å². The number of aromatic hydroxyl groups is 1. The highest BCUT2D eigenvalue weighted by Gasteiger charge is 2.36. The molecule has 3 amide bonds. The van der Waals surface area contributed by atoms with Gasteiger partial charge in [-0.05, 0) is 54.6 Å². The van der Waals surface area contributed by atoms with Crippen molar-refractivity contribution in [3.05, 3.63) is 57.5 Å². The molecule has 2 aromatic rings. The van der Waals surface area contributed by atoms with Crippen molar-refractivity contribution in [3.8, 4) is 11.5 Å². The van der Waals surface area contributed by atoms with Crippen molar-refractivity contribution in [2.24, 2.45) is 0 Å². The Bertz CT molecular complexity index is 1020. The maximum Gasteiger partial charge on any atom is 0.294 e. The minimum Gasteiger partial charge on any atom is -0.503 e. The number of imide groups is 1. The van der Waals surface area contributed by atoms with Gasteiger partial charge >= 0.3 is 0 Å². The molecule has 0 atom stereocenters. The number of methoxy groups -OCH3 is 1. The number of thioether (sulfide) groups is 1. The SMILES string of the molecule is COc1cc(/C=C2\SC(=O)N(CC(=O)Nc3ccc(C)cc3)C2=O)cc(Cl)c1O. The molecule has 0 radical (unpaired) electrons. The number of amides is 3. The van der Waals surface area contributed by atoms with E-state index < -0.39 is 23.6 Å². The van der Waals surface area contributed by atoms with E-state index in [-0.39, 0.29) is 21.4 Å². The van der Waals surface area contributed by atoms with Gasteiger partial charge in [0, 0.05) is 5.69 Å². The van der Waals surface area contributed by atoms with Crippen LogP contribution in [0.5, 0.6) is 11.5 Å². The molecule has 1 heterocycles. The zero-order valence-electron chi connectivity index (χ0n) is 15.6. The third kappa shape index (κ3) is 4.72. The Balaban J connectivity index is 1.74. The standard InChI is InChI=1S/C20H17ClN2O5S/c1-11-3-5-13(6-4-11)22-17(24)10-23-19(26)16(29-20(23)27)9-12-7-14(21)18(25)15(8-12)28-2/h3-9,25H,10H2,1-2H3,(H,22,24)/b16-9-. The second kappa shape index (κ2) is 8.59. The largest absolute Gasteiger partial charge is 0.503 e. The number of hydrogen-bond donors (Lipinski definition) is 2. The number of rotatable bonds is 5. The molecule has 0 aromatic heterocycles. The number of aryl methyl sites for hydroxylation is 1. The van der Waals surface area contributed by atoms with E-state index in [0.717, 1.165) is 22.2 Å². The summed E-state index contributed by atoms with van der Waals surface area (Å²) >= 11 is 6.67. The van der Waals surface area contributed by atoms with Crippen LogP contribution in [0.1, 0.15) is 11.1 Å². The van der Waals surface area contributed by atoms with E-state index in [1.807, 2.05) is 19.1 Å². The molecule has 0 spiro atoms. The number of halogens is 1. The topological polar surface area (TPSA) is 95.9 Å². The van der Waals surface area contributed by atoms with Crippen LogP contribution in [-0.2, 0) is 9.59 Å². The van der Waals surface area contributed by atoms with Crippen LogP contribution in [-0.4, -0.2) is 40.7 Å². The predicted molar refractivity (Wildman–Crippen MR) is 112 cm³/mol. The van der Waals surface area contributed by atoms with Crippen molar-refractivity contribution in [2.75, 3.05) is 19.0 Å². The van der Waals surface area contributed by atoms with E-state index in [1.54, 1.807) is 12.1 Å². The molecule has 3 rings (SSSR count). The van der Waals surface area contributed by atoms with Crippen molar-refractivity contribution < 1.29 is 24.2 Å². The number of ether oxygens (including phenoxy) is 1. The highest BCUT2D eigenvalue weighted by Crippen LogP contribution is 2.37. The summed E-state index contributed by atoms with van der Waals surface area (Å²) in [6.07, 6.45) is 1.45. The molecule has 150 valence electrons. The molecule has 1 saturated heterocycles. The number of carbonyl (C=O) groups is 3. The lowest BCUT2D eigenvalue weighted by Crippen LogP contribution is -2.36. The minimum absolute atomic E-state index is 0.0484. The molecule has 2 aromatic carbocycles. The molecule has 2 N–H and O–H groups in total. The van der Waals surface area contributed by atoms with Crippen LogP contribution in [0, 0.1) is 6.92 Å². The van der Waals surface area contributed by atoms with Crippen LogP contribution in [0.4, 0.5) is 10.5 Å². The van der Waals surface area contributed by atoms with Gasteiger partial charge in [0.25, 0.3) is 11.1 Å². The fraction of sp³-hybridized carbons (Fsp3) is 0.150. The summed E-state index contributed by atoms with van der Waals surface area (Å²) in [7, 11) is 1.37. The third-order valence-corrected chi connectivity index (χ3v) is 5.27. The van der Waals surface area contributed by atoms with Gasteiger partial charge in [0.2, 0.25) is 5.91 Å². The Morgan fingerprint density at radius 1 is 1.28 bits per heavy atom. The average Bonchev–Trinajstić information content (AvgIpc) is 2.93. The quantitative estimate of drug-likeness (QED) is 0.692. The Labute approximate surface area is 176 Å². The molecule has 0 aliphatic carbocycles. The fourth-order valence-corrected chi connectivity index (χ4v) is 3.66. The molecule has 1 fully saturated rings. The Hall–Kier alpha value is -2.97. The van der Waals surface area contributed by atoms with Gasteiger partial charge in [0.1, 0.15) is 6.54 Å². The number of carbonyl (C=O) groups excluding carboxylic acids is 3. The van der Waals surface area contributed by atoms with E-state index in [4.69, 9.17) is 16.3 Å². The predicted octanol–water partition coefficient (Wildman–Crippen LogP) is 4.04. The first kappa shape index (κ1) is 20.8. The van der Waals surface area contributed by atoms with Crippen LogP contribution in [0.3, 0.4) is 0 Å². The summed E-state index contributed by atoms with van der Waals surface area (Å²) in [5.41, 5.74) is 2.10. The Morgan fingerprint density at radius 2 is 1.97 bits per heavy atom. The van der Waals surface area contributed by atoms with E-state index in [1.165, 1.54) is 25.3 Å². The molecule has 1 aliphatic heterocycles. The molecular formula is C20H17ClN2O5S. The number of anilines is 1. The van der Waals surface area contributed by atoms with E-state index in [9.17, 15) is 19.5 Å². The highest BCUT2D eigenvalue weighted by atomic mass is 35.5. The third-order valence-electron chi connectivity index (χ3n) is 4.08. The van der Waals surface area contributed by atoms with Gasteiger partial charge in [0.05, 0.1) is 17.0 Å². The Kier molecular flexibility index (Phi) is 6.14. The zero-order valence-corrected chi connectivity index (χ0v) is 17.1. The highest BCUT2D eigenvalue weighted by molar-refractivity contribution is 8.18. The lowest BCUT2D eigenvalue weighted by atomic mass is 10.2. The minimum atomic E-state index is -0.581. The zero-order chi connectivity index (χ0) is 21.1. The van der Waals surface area contributed by atoms with Crippen LogP contribution in [0.2, 0.25) is 5.02 Å². The summed E-state index contributed by atoms with van der Waals surface area (Å²) in [6, 6.07) is 10.1. The van der Waals surface area contributed by atoms with Gasteiger partial charge in [-0.15, -0.1) is 0 Å². The van der Waals surface area contributed by atoms with Crippen LogP contribution in [0.15, 0.2) is 41.3 Å². The van der Waals surface area contributed by atoms with E-state index >= 15 is 0 Å². The van der Waals surface area contributed by atoms with Gasteiger partial charge in [-0.2, -0.15) is 0 Å². The van der Waals surface area contributed by atoms with E-state index in [2.05, 4.69) is 5.32 Å². The van der Waals surface area contributed by atoms with Crippen LogP contribution >= 0.6 is 23.4 Å². The second-order valence-electron chi connectivity index (χ2n) is 6.24. The maximum absolute atomic E-state index is 12.6. The molecule has 0 bridgehead atoms. The first-order chi connectivity index (χ1) is 13.8. The number of phenols is 1. The normalized spacial score (nSPS) is 15.1. The van der Waals surface area contributed by atoms with Gasteiger partial charge in [-0.25, -0.2) is 0 Å². The molecule has 0 unspecified atom stereocenters. The molecule has 0 saturated carbocycles. The molecule has 7 nitrogen and oxygen atoms in total. The number of benzene rings is 2. The van der Waals surface area contributed by atoms with Crippen molar-refractivity contribution in [1.29, 1.82) is 0 Å². The van der Waals surface area contributed by atoms with Crippen molar-refractivity contribution in [3.63, 3.8) is 0 Å². The fourth-order valence-electron chi connectivity index (χ4n) is 2.60. The molecule has 1 aliphatic rings. The van der Waals surface area contributed by atoms with E-state index in [0.29, 0.717) is 11.3 Å². The lowest BCUT2D eigenvalue weighted by molar-refractivity contribution is -0.127. The lowest BCUT2D eigenvalue weighted by Gasteiger charge is -2.12. The van der Waals surface area contributed by atoms with Gasteiger partial charge in [-0.1, -0.05) is 29.3 Å².